The molecule has 0 aliphatic carbocycles. The Hall–Kier alpha value is -1.38. The van der Waals surface area contributed by atoms with E-state index in [4.69, 9.17) is 0 Å². The monoisotopic (exact) mass is 350 g/mol. The van der Waals surface area contributed by atoms with E-state index in [-0.39, 0.29) is 0 Å². The first-order valence-corrected chi connectivity index (χ1v) is 6.87. The van der Waals surface area contributed by atoms with Crippen molar-refractivity contribution >= 4 is 5.69 Å². The van der Waals surface area contributed by atoms with Crippen molar-refractivity contribution in [2.45, 2.75) is 44.5 Å². The quantitative estimate of drug-likeness (QED) is 0.319. The van der Waals surface area contributed by atoms with Crippen LogP contribution in [0, 0.1) is 23.3 Å². The van der Waals surface area contributed by atoms with Crippen molar-refractivity contribution in [3.05, 3.63) is 29.3 Å². The maximum Gasteiger partial charge on any atom is 0.222 e. The molecule has 0 aliphatic rings. The average molecular weight is 350 g/mol. The molecule has 1 aromatic rings. The van der Waals surface area contributed by atoms with Crippen molar-refractivity contribution in [2.24, 2.45) is 0 Å². The average Bonchev–Trinajstić information content (AvgIpc) is 2.51. The molecule has 0 bridgehead atoms. The van der Waals surface area contributed by atoms with Crippen LogP contribution in [0.5, 0.6) is 0 Å². The van der Waals surface area contributed by atoms with Gasteiger partial charge in [0, 0.05) is 6.07 Å². The van der Waals surface area contributed by atoms with Crippen molar-refractivity contribution in [1.29, 1.82) is 0 Å². The summed E-state index contributed by atoms with van der Waals surface area (Å²) in [4.78, 5) is 0. The molecule has 4 unspecified atom stereocenters. The molecule has 0 heterocycles. The van der Waals surface area contributed by atoms with Gasteiger partial charge >= 0.3 is 0 Å². The van der Waals surface area contributed by atoms with E-state index in [1.165, 1.54) is 0 Å². The minimum Gasteiger partial charge on any atom is -0.309 e. The Bertz CT molecular complexity index is 522. The molecule has 0 saturated heterocycles. The lowest BCUT2D eigenvalue weighted by atomic mass is 10.1. The van der Waals surface area contributed by atoms with Crippen LogP contribution in [-0.2, 0) is 0 Å². The maximum absolute atomic E-state index is 13.5. The molecule has 1 nitrogen and oxygen atoms in total. The minimum absolute atomic E-state index is 0.316. The molecule has 0 radical (unpaired) electrons. The van der Waals surface area contributed by atoms with E-state index in [9.17, 15) is 35.1 Å². The number of rotatable bonds is 8. The van der Waals surface area contributed by atoms with Gasteiger partial charge in [-0.3, -0.25) is 0 Å². The van der Waals surface area contributed by atoms with E-state index in [0.29, 0.717) is 11.4 Å². The summed E-state index contributed by atoms with van der Waals surface area (Å²) in [5.41, 5.74) is -0.753. The number of hydrogen-bond donors (Lipinski definition) is 1. The van der Waals surface area contributed by atoms with Crippen molar-refractivity contribution in [2.75, 3.05) is 6.54 Å². The summed E-state index contributed by atoms with van der Waals surface area (Å²) in [6.07, 6.45) is -9.23. The largest absolute Gasteiger partial charge is 0.309 e. The topological polar surface area (TPSA) is 16.6 Å². The Labute approximate surface area is 127 Å². The van der Waals surface area contributed by atoms with Crippen LogP contribution in [0.25, 0.3) is 0 Å². The number of nitrogens with two attached hydrogens (primary N) is 1. The lowest BCUT2D eigenvalue weighted by Gasteiger charge is -2.15. The van der Waals surface area contributed by atoms with Crippen LogP contribution in [0.2, 0.25) is 0 Å². The normalized spacial score (nSPS) is 16.9. The summed E-state index contributed by atoms with van der Waals surface area (Å²) < 4.78 is 104. The first-order chi connectivity index (χ1) is 10.6. The molecule has 23 heavy (non-hydrogen) atoms. The zero-order valence-corrected chi connectivity index (χ0v) is 12.1. The molecule has 0 fully saturated rings. The molecule has 1 rings (SSSR count). The fourth-order valence-corrected chi connectivity index (χ4v) is 1.86. The third-order valence-electron chi connectivity index (χ3n) is 3.30. The van der Waals surface area contributed by atoms with Crippen molar-refractivity contribution < 1.29 is 40.4 Å². The Morgan fingerprint density at radius 2 is 1.39 bits per heavy atom. The van der Waals surface area contributed by atoms with Crippen LogP contribution in [0.15, 0.2) is 6.07 Å². The second kappa shape index (κ2) is 8.47. The van der Waals surface area contributed by atoms with E-state index in [2.05, 4.69) is 0 Å². The molecular formula is C14H16F8N+. The second-order valence-electron chi connectivity index (χ2n) is 5.13. The predicted molar refractivity (Wildman–Crippen MR) is 67.2 cm³/mol. The van der Waals surface area contributed by atoms with Gasteiger partial charge in [-0.1, -0.05) is 0 Å². The SMILES string of the molecule is CC(F)C(F)CCC(F)C(F)C[NH2+]c1cc(F)c(F)c(F)c1F. The van der Waals surface area contributed by atoms with Gasteiger partial charge in [0.05, 0.1) is 0 Å². The molecule has 0 amide bonds. The molecule has 4 atom stereocenters. The summed E-state index contributed by atoms with van der Waals surface area (Å²) in [6.45, 7) is 0.184. The third-order valence-corrected chi connectivity index (χ3v) is 3.30. The van der Waals surface area contributed by atoms with E-state index in [1.54, 1.807) is 0 Å². The van der Waals surface area contributed by atoms with Gasteiger partial charge in [0.1, 0.15) is 25.1 Å². The first kappa shape index (κ1) is 19.7. The summed E-state index contributed by atoms with van der Waals surface area (Å²) in [5, 5.41) is 0.670. The molecule has 0 saturated carbocycles. The number of hydrogen-bond acceptors (Lipinski definition) is 0. The van der Waals surface area contributed by atoms with Gasteiger partial charge in [0.25, 0.3) is 0 Å². The third kappa shape index (κ3) is 5.33. The zero-order chi connectivity index (χ0) is 17.7. The Kier molecular flexibility index (Phi) is 7.24. The zero-order valence-electron chi connectivity index (χ0n) is 12.1. The van der Waals surface area contributed by atoms with Crippen LogP contribution >= 0.6 is 0 Å². The molecule has 2 N–H and O–H groups in total. The van der Waals surface area contributed by atoms with Crippen LogP contribution in [-0.4, -0.2) is 31.2 Å². The van der Waals surface area contributed by atoms with E-state index in [1.807, 2.05) is 0 Å². The summed E-state index contributed by atoms with van der Waals surface area (Å²) in [5.74, 6) is -7.45. The van der Waals surface area contributed by atoms with Gasteiger partial charge in [-0.25, -0.2) is 30.7 Å². The lowest BCUT2D eigenvalue weighted by molar-refractivity contribution is -0.580. The van der Waals surface area contributed by atoms with Gasteiger partial charge in [-0.15, -0.1) is 0 Å². The smallest absolute Gasteiger partial charge is 0.222 e. The number of alkyl halides is 4. The van der Waals surface area contributed by atoms with Crippen LogP contribution in [0.3, 0.4) is 0 Å². The predicted octanol–water partition coefficient (Wildman–Crippen LogP) is 3.59. The van der Waals surface area contributed by atoms with Gasteiger partial charge in [0.15, 0.2) is 23.5 Å². The van der Waals surface area contributed by atoms with Gasteiger partial charge in [-0.2, -0.15) is 4.39 Å². The molecule has 1 aromatic carbocycles. The molecule has 0 aliphatic heterocycles. The molecule has 0 aromatic heterocycles. The fourth-order valence-electron chi connectivity index (χ4n) is 1.86. The van der Waals surface area contributed by atoms with E-state index < -0.39 is 73.0 Å². The highest BCUT2D eigenvalue weighted by molar-refractivity contribution is 5.32. The summed E-state index contributed by atoms with van der Waals surface area (Å²) >= 11 is 0. The Morgan fingerprint density at radius 1 is 0.826 bits per heavy atom. The van der Waals surface area contributed by atoms with Crippen molar-refractivity contribution in [3.8, 4) is 0 Å². The molecular weight excluding hydrogens is 334 g/mol. The minimum atomic E-state index is -2.20. The standard InChI is InChI=1S/C14H15F8N/c1-6(15)7(16)2-3-8(17)10(19)5-23-11-4-9(18)12(20)14(22)13(11)21/h4,6-8,10,23H,2-3,5H2,1H3/p+1. The number of benzene rings is 1. The van der Waals surface area contributed by atoms with Crippen molar-refractivity contribution in [3.63, 3.8) is 0 Å². The molecule has 132 valence electrons. The highest BCUT2D eigenvalue weighted by Crippen LogP contribution is 2.20. The second-order valence-corrected chi connectivity index (χ2v) is 5.13. The maximum atomic E-state index is 13.5. The Balaban J connectivity index is 2.58. The molecule has 0 spiro atoms. The van der Waals surface area contributed by atoms with Crippen LogP contribution in [0.4, 0.5) is 40.8 Å². The Morgan fingerprint density at radius 3 is 1.96 bits per heavy atom. The van der Waals surface area contributed by atoms with Crippen molar-refractivity contribution in [1.82, 2.24) is 0 Å². The molecule has 9 heteroatoms. The lowest BCUT2D eigenvalue weighted by Crippen LogP contribution is -2.81. The number of quaternary nitrogens is 1. The summed E-state index contributed by atoms with van der Waals surface area (Å²) in [6, 6.07) is 0.316. The highest BCUT2D eigenvalue weighted by atomic mass is 19.2. The highest BCUT2D eigenvalue weighted by Gasteiger charge is 2.27. The van der Waals surface area contributed by atoms with Crippen LogP contribution in [0.1, 0.15) is 19.8 Å². The van der Waals surface area contributed by atoms with Gasteiger partial charge < -0.3 is 5.32 Å². The fraction of sp³-hybridized carbons (Fsp3) is 0.571. The van der Waals surface area contributed by atoms with Gasteiger partial charge in [-0.05, 0) is 19.8 Å². The van der Waals surface area contributed by atoms with E-state index in [0.717, 1.165) is 6.92 Å². The van der Waals surface area contributed by atoms with E-state index >= 15 is 0 Å². The van der Waals surface area contributed by atoms with Gasteiger partial charge in [0.2, 0.25) is 11.6 Å². The first-order valence-electron chi connectivity index (χ1n) is 6.87. The summed E-state index contributed by atoms with van der Waals surface area (Å²) in [7, 11) is 0. The van der Waals surface area contributed by atoms with Crippen LogP contribution < -0.4 is 5.32 Å². The number of halogens is 8.